The van der Waals surface area contributed by atoms with Crippen molar-refractivity contribution in [2.75, 3.05) is 19.7 Å². The number of rotatable bonds is 6. The van der Waals surface area contributed by atoms with Crippen molar-refractivity contribution in [1.29, 1.82) is 0 Å². The molecule has 1 fully saturated rings. The van der Waals surface area contributed by atoms with Crippen LogP contribution in [0.5, 0.6) is 0 Å². The Morgan fingerprint density at radius 1 is 1.25 bits per heavy atom. The molecule has 1 aliphatic rings. The fourth-order valence-electron chi connectivity index (χ4n) is 2.42. The first-order valence-electron chi connectivity index (χ1n) is 7.27. The molecule has 0 atom stereocenters. The molecule has 2 amide bonds. The van der Waals surface area contributed by atoms with Gasteiger partial charge in [0.1, 0.15) is 0 Å². The zero-order valence-electron chi connectivity index (χ0n) is 12.4. The normalized spacial score (nSPS) is 16.8. The number of urea groups is 1. The molecule has 6 nitrogen and oxygen atoms in total. The van der Waals surface area contributed by atoms with E-state index < -0.39 is 11.4 Å². The Morgan fingerprint density at radius 2 is 1.85 bits per heavy atom. The van der Waals surface area contributed by atoms with E-state index in [1.165, 1.54) is 6.42 Å². The second kappa shape index (κ2) is 7.47. The van der Waals surface area contributed by atoms with Crippen LogP contribution >= 0.6 is 0 Å². The highest BCUT2D eigenvalue weighted by molar-refractivity contribution is 5.77. The number of aliphatic hydroxyl groups is 1. The van der Waals surface area contributed by atoms with Crippen molar-refractivity contribution < 1.29 is 19.8 Å². The van der Waals surface area contributed by atoms with E-state index in [0.717, 1.165) is 25.7 Å². The van der Waals surface area contributed by atoms with Crippen LogP contribution in [-0.4, -0.2) is 52.9 Å². The van der Waals surface area contributed by atoms with E-state index in [2.05, 4.69) is 5.32 Å². The van der Waals surface area contributed by atoms with Crippen LogP contribution in [-0.2, 0) is 4.79 Å². The predicted octanol–water partition coefficient (Wildman–Crippen LogP) is 1.43. The zero-order chi connectivity index (χ0) is 15.2. The van der Waals surface area contributed by atoms with Crippen LogP contribution in [0, 0.1) is 5.41 Å². The minimum atomic E-state index is -0.993. The second-order valence-electron chi connectivity index (χ2n) is 6.06. The van der Waals surface area contributed by atoms with E-state index in [1.807, 2.05) is 0 Å². The topological polar surface area (TPSA) is 89.9 Å². The summed E-state index contributed by atoms with van der Waals surface area (Å²) in [7, 11) is 0. The molecule has 0 aromatic rings. The second-order valence-corrected chi connectivity index (χ2v) is 6.06. The molecule has 0 bridgehead atoms. The minimum absolute atomic E-state index is 0.0771. The first kappa shape index (κ1) is 16.8. The highest BCUT2D eigenvalue weighted by Gasteiger charge is 2.30. The summed E-state index contributed by atoms with van der Waals surface area (Å²) in [5, 5.41) is 20.8. The molecule has 0 heterocycles. The minimum Gasteiger partial charge on any atom is -0.481 e. The largest absolute Gasteiger partial charge is 0.481 e. The monoisotopic (exact) mass is 286 g/mol. The Balaban J connectivity index is 2.57. The third-order valence-electron chi connectivity index (χ3n) is 3.88. The number of carbonyl (C=O) groups is 2. The summed E-state index contributed by atoms with van der Waals surface area (Å²) in [6, 6.07) is -0.121. The van der Waals surface area contributed by atoms with Crippen LogP contribution in [0.4, 0.5) is 4.79 Å². The predicted molar refractivity (Wildman–Crippen MR) is 75.5 cm³/mol. The van der Waals surface area contributed by atoms with Gasteiger partial charge in [-0.3, -0.25) is 4.79 Å². The van der Waals surface area contributed by atoms with Crippen LogP contribution in [0.25, 0.3) is 0 Å². The average molecular weight is 286 g/mol. The molecule has 20 heavy (non-hydrogen) atoms. The Bertz CT molecular complexity index is 338. The van der Waals surface area contributed by atoms with Gasteiger partial charge < -0.3 is 20.4 Å². The van der Waals surface area contributed by atoms with E-state index in [0.29, 0.717) is 6.54 Å². The smallest absolute Gasteiger partial charge is 0.317 e. The fraction of sp³-hybridized carbons (Fsp3) is 0.857. The van der Waals surface area contributed by atoms with E-state index in [1.54, 1.807) is 18.7 Å². The number of carboxylic acids is 1. The molecule has 0 aromatic carbocycles. The van der Waals surface area contributed by atoms with Crippen LogP contribution in [0.3, 0.4) is 0 Å². The summed E-state index contributed by atoms with van der Waals surface area (Å²) in [5.41, 5.74) is -0.993. The Morgan fingerprint density at radius 3 is 2.35 bits per heavy atom. The lowest BCUT2D eigenvalue weighted by Gasteiger charge is -2.34. The van der Waals surface area contributed by atoms with Crippen molar-refractivity contribution in [1.82, 2.24) is 10.2 Å². The van der Waals surface area contributed by atoms with Gasteiger partial charge in [0.05, 0.1) is 12.0 Å². The zero-order valence-corrected chi connectivity index (χ0v) is 12.4. The lowest BCUT2D eigenvalue weighted by atomic mass is 9.93. The molecule has 6 heteroatoms. The number of amides is 2. The number of carbonyl (C=O) groups excluding carboxylic acids is 1. The number of nitrogens with zero attached hydrogens (tertiary/aromatic N) is 1. The van der Waals surface area contributed by atoms with Gasteiger partial charge in [-0.15, -0.1) is 0 Å². The molecule has 116 valence electrons. The molecule has 0 saturated heterocycles. The third kappa shape index (κ3) is 4.67. The van der Waals surface area contributed by atoms with Gasteiger partial charge >= 0.3 is 12.0 Å². The van der Waals surface area contributed by atoms with E-state index in [4.69, 9.17) is 10.2 Å². The van der Waals surface area contributed by atoms with Crippen LogP contribution in [0.15, 0.2) is 0 Å². The molecule has 1 aliphatic carbocycles. The van der Waals surface area contributed by atoms with Crippen molar-refractivity contribution >= 4 is 12.0 Å². The maximum atomic E-state index is 12.2. The highest BCUT2D eigenvalue weighted by atomic mass is 16.4. The summed E-state index contributed by atoms with van der Waals surface area (Å²) in [5.74, 6) is -0.941. The quantitative estimate of drug-likeness (QED) is 0.689. The van der Waals surface area contributed by atoms with E-state index >= 15 is 0 Å². The summed E-state index contributed by atoms with van der Waals surface area (Å²) in [4.78, 5) is 24.9. The van der Waals surface area contributed by atoms with E-state index in [-0.39, 0.29) is 25.2 Å². The van der Waals surface area contributed by atoms with Gasteiger partial charge in [0.25, 0.3) is 0 Å². The van der Waals surface area contributed by atoms with Crippen molar-refractivity contribution in [3.8, 4) is 0 Å². The van der Waals surface area contributed by atoms with Crippen molar-refractivity contribution in [2.45, 2.75) is 52.0 Å². The first-order chi connectivity index (χ1) is 9.38. The van der Waals surface area contributed by atoms with Gasteiger partial charge in [0.2, 0.25) is 0 Å². The number of nitrogens with one attached hydrogen (secondary N) is 1. The molecule has 0 unspecified atom stereocenters. The summed E-state index contributed by atoms with van der Waals surface area (Å²) in [6.45, 7) is 3.45. The molecule has 0 radical (unpaired) electrons. The lowest BCUT2D eigenvalue weighted by molar-refractivity contribution is -0.146. The van der Waals surface area contributed by atoms with Gasteiger partial charge in [-0.05, 0) is 26.7 Å². The molecule has 0 aromatic heterocycles. The van der Waals surface area contributed by atoms with Crippen LogP contribution in [0.1, 0.15) is 46.0 Å². The maximum Gasteiger partial charge on any atom is 0.317 e. The standard InChI is InChI=1S/C14H26N2O4/c1-14(2,12(18)19)10-15-13(20)16(8-9-17)11-6-4-3-5-7-11/h11,17H,3-10H2,1-2H3,(H,15,20)(H,18,19). The van der Waals surface area contributed by atoms with Gasteiger partial charge in [0, 0.05) is 19.1 Å². The van der Waals surface area contributed by atoms with Gasteiger partial charge in [-0.25, -0.2) is 4.79 Å². The Kier molecular flexibility index (Phi) is 6.26. The SMILES string of the molecule is CC(C)(CNC(=O)N(CCO)C1CCCCC1)C(=O)O. The molecular formula is C14H26N2O4. The summed E-state index contributed by atoms with van der Waals surface area (Å²) >= 11 is 0. The molecule has 3 N–H and O–H groups in total. The lowest BCUT2D eigenvalue weighted by Crippen LogP contribution is -2.50. The van der Waals surface area contributed by atoms with Gasteiger partial charge in [-0.1, -0.05) is 19.3 Å². The average Bonchev–Trinajstić information content (AvgIpc) is 2.43. The number of aliphatic carboxylic acids is 1. The number of aliphatic hydroxyl groups excluding tert-OH is 1. The molecule has 0 spiro atoms. The summed E-state index contributed by atoms with van der Waals surface area (Å²) < 4.78 is 0. The van der Waals surface area contributed by atoms with Crippen LogP contribution < -0.4 is 5.32 Å². The highest BCUT2D eigenvalue weighted by Crippen LogP contribution is 2.22. The Labute approximate surface area is 120 Å². The number of hydrogen-bond acceptors (Lipinski definition) is 3. The maximum absolute atomic E-state index is 12.2. The van der Waals surface area contributed by atoms with Gasteiger partial charge in [0.15, 0.2) is 0 Å². The van der Waals surface area contributed by atoms with Crippen LogP contribution in [0.2, 0.25) is 0 Å². The molecular weight excluding hydrogens is 260 g/mol. The van der Waals surface area contributed by atoms with Crippen molar-refractivity contribution in [3.05, 3.63) is 0 Å². The Hall–Kier alpha value is -1.30. The number of hydrogen-bond donors (Lipinski definition) is 3. The van der Waals surface area contributed by atoms with Gasteiger partial charge in [-0.2, -0.15) is 0 Å². The van der Waals surface area contributed by atoms with Crippen molar-refractivity contribution in [2.24, 2.45) is 5.41 Å². The molecule has 1 rings (SSSR count). The van der Waals surface area contributed by atoms with E-state index in [9.17, 15) is 9.59 Å². The first-order valence-corrected chi connectivity index (χ1v) is 7.27. The summed E-state index contributed by atoms with van der Waals surface area (Å²) in [6.07, 6.45) is 5.30. The third-order valence-corrected chi connectivity index (χ3v) is 3.88. The number of carboxylic acid groups (broad SMARTS) is 1. The van der Waals surface area contributed by atoms with Crippen molar-refractivity contribution in [3.63, 3.8) is 0 Å². The molecule has 1 saturated carbocycles. The molecule has 0 aliphatic heterocycles. The fourth-order valence-corrected chi connectivity index (χ4v) is 2.42.